The Morgan fingerprint density at radius 2 is 1.45 bits per heavy atom. The van der Waals surface area contributed by atoms with Crippen molar-refractivity contribution in [3.8, 4) is 34.2 Å². The van der Waals surface area contributed by atoms with Gasteiger partial charge in [-0.2, -0.15) is 0 Å². The van der Waals surface area contributed by atoms with Crippen LogP contribution in [-0.4, -0.2) is 24.9 Å². The standard InChI is InChI=1S/C15H12N2O3/c18-12-3-1-10(2-4-12)15-8-17(9-16-15)11-5-13(19)7-14(20)6-11/h1-9,18-20H. The van der Waals surface area contributed by atoms with Crippen LogP contribution < -0.4 is 0 Å². The molecule has 20 heavy (non-hydrogen) atoms. The zero-order valence-electron chi connectivity index (χ0n) is 10.4. The minimum absolute atomic E-state index is 0.0140. The highest BCUT2D eigenvalue weighted by Crippen LogP contribution is 2.25. The molecular weight excluding hydrogens is 256 g/mol. The van der Waals surface area contributed by atoms with E-state index in [0.29, 0.717) is 5.69 Å². The summed E-state index contributed by atoms with van der Waals surface area (Å²) in [5, 5.41) is 28.2. The van der Waals surface area contributed by atoms with Gasteiger partial charge in [0.2, 0.25) is 0 Å². The first-order valence-electron chi connectivity index (χ1n) is 5.98. The minimum Gasteiger partial charge on any atom is -0.508 e. The summed E-state index contributed by atoms with van der Waals surface area (Å²) in [5.41, 5.74) is 2.21. The molecule has 0 spiro atoms. The van der Waals surface area contributed by atoms with Crippen LogP contribution in [0.25, 0.3) is 16.9 Å². The molecule has 3 rings (SSSR count). The van der Waals surface area contributed by atoms with Gasteiger partial charge in [0, 0.05) is 30.0 Å². The number of phenols is 3. The molecule has 0 aliphatic carbocycles. The third-order valence-electron chi connectivity index (χ3n) is 2.93. The molecule has 0 aliphatic heterocycles. The van der Waals surface area contributed by atoms with Crippen molar-refractivity contribution < 1.29 is 15.3 Å². The summed E-state index contributed by atoms with van der Waals surface area (Å²) in [6.45, 7) is 0. The molecule has 0 saturated heterocycles. The van der Waals surface area contributed by atoms with Gasteiger partial charge in [0.15, 0.2) is 0 Å². The van der Waals surface area contributed by atoms with E-state index in [2.05, 4.69) is 4.98 Å². The Kier molecular flexibility index (Phi) is 2.80. The maximum Gasteiger partial charge on any atom is 0.121 e. The molecule has 0 bridgehead atoms. The second kappa shape index (κ2) is 4.62. The third-order valence-corrected chi connectivity index (χ3v) is 2.93. The topological polar surface area (TPSA) is 78.5 Å². The lowest BCUT2D eigenvalue weighted by Gasteiger charge is -2.03. The summed E-state index contributed by atoms with van der Waals surface area (Å²) in [4.78, 5) is 4.27. The molecule has 0 aliphatic rings. The predicted molar refractivity (Wildman–Crippen MR) is 74.0 cm³/mol. The highest BCUT2D eigenvalue weighted by atomic mass is 16.3. The first kappa shape index (κ1) is 12.1. The van der Waals surface area contributed by atoms with E-state index in [9.17, 15) is 15.3 Å². The van der Waals surface area contributed by atoms with Crippen LogP contribution in [0.3, 0.4) is 0 Å². The maximum atomic E-state index is 9.49. The van der Waals surface area contributed by atoms with Crippen molar-refractivity contribution in [3.63, 3.8) is 0 Å². The predicted octanol–water partition coefficient (Wildman–Crippen LogP) is 2.66. The highest BCUT2D eigenvalue weighted by molar-refractivity contribution is 5.60. The molecular formula is C15H12N2O3. The van der Waals surface area contributed by atoms with E-state index in [1.165, 1.54) is 18.2 Å². The Labute approximate surface area is 115 Å². The molecule has 0 saturated carbocycles. The van der Waals surface area contributed by atoms with Gasteiger partial charge in [0.1, 0.15) is 17.2 Å². The van der Waals surface area contributed by atoms with E-state index in [1.54, 1.807) is 41.4 Å². The molecule has 3 N–H and O–H groups in total. The highest BCUT2D eigenvalue weighted by Gasteiger charge is 2.05. The molecule has 1 heterocycles. The van der Waals surface area contributed by atoms with Gasteiger partial charge < -0.3 is 19.9 Å². The van der Waals surface area contributed by atoms with E-state index < -0.39 is 0 Å². The molecule has 0 atom stereocenters. The Balaban J connectivity index is 1.99. The van der Waals surface area contributed by atoms with Gasteiger partial charge in [-0.05, 0) is 24.3 Å². The molecule has 0 fully saturated rings. The number of aromatic hydroxyl groups is 3. The van der Waals surface area contributed by atoms with E-state index in [4.69, 9.17) is 0 Å². The molecule has 2 aromatic carbocycles. The van der Waals surface area contributed by atoms with E-state index in [1.807, 2.05) is 0 Å². The molecule has 0 radical (unpaired) electrons. The minimum atomic E-state index is -0.0140. The smallest absolute Gasteiger partial charge is 0.121 e. The van der Waals surface area contributed by atoms with Crippen molar-refractivity contribution in [1.29, 1.82) is 0 Å². The van der Waals surface area contributed by atoms with Crippen molar-refractivity contribution in [2.75, 3.05) is 0 Å². The fraction of sp³-hybridized carbons (Fsp3) is 0. The summed E-state index contributed by atoms with van der Waals surface area (Å²) in [5.74, 6) is 0.172. The molecule has 1 aromatic heterocycles. The molecule has 0 amide bonds. The summed E-state index contributed by atoms with van der Waals surface area (Å²) in [6, 6.07) is 11.0. The first-order valence-corrected chi connectivity index (χ1v) is 5.98. The largest absolute Gasteiger partial charge is 0.508 e. The summed E-state index contributed by atoms with van der Waals surface area (Å²) in [6.07, 6.45) is 3.37. The number of hydrogen-bond acceptors (Lipinski definition) is 4. The number of hydrogen-bond donors (Lipinski definition) is 3. The zero-order valence-corrected chi connectivity index (χ0v) is 10.4. The van der Waals surface area contributed by atoms with Crippen LogP contribution in [0.4, 0.5) is 0 Å². The maximum absolute atomic E-state index is 9.49. The number of phenolic OH excluding ortho intramolecular Hbond substituents is 3. The van der Waals surface area contributed by atoms with Gasteiger partial charge in [-0.25, -0.2) is 4.98 Å². The molecule has 5 nitrogen and oxygen atoms in total. The van der Waals surface area contributed by atoms with Crippen molar-refractivity contribution >= 4 is 0 Å². The van der Waals surface area contributed by atoms with Gasteiger partial charge in [-0.15, -0.1) is 0 Å². The fourth-order valence-corrected chi connectivity index (χ4v) is 1.97. The normalized spacial score (nSPS) is 10.6. The van der Waals surface area contributed by atoms with Gasteiger partial charge in [-0.1, -0.05) is 0 Å². The Hall–Kier alpha value is -2.95. The van der Waals surface area contributed by atoms with Crippen molar-refractivity contribution in [3.05, 3.63) is 55.0 Å². The van der Waals surface area contributed by atoms with E-state index in [0.717, 1.165) is 11.3 Å². The van der Waals surface area contributed by atoms with Crippen molar-refractivity contribution in [2.24, 2.45) is 0 Å². The monoisotopic (exact) mass is 268 g/mol. The number of imidazole rings is 1. The van der Waals surface area contributed by atoms with E-state index in [-0.39, 0.29) is 17.2 Å². The van der Waals surface area contributed by atoms with Crippen LogP contribution >= 0.6 is 0 Å². The number of benzene rings is 2. The first-order chi connectivity index (χ1) is 9.61. The molecule has 100 valence electrons. The molecule has 0 unspecified atom stereocenters. The zero-order chi connectivity index (χ0) is 14.1. The Bertz CT molecular complexity index is 728. The third kappa shape index (κ3) is 2.29. The van der Waals surface area contributed by atoms with Gasteiger partial charge in [0.05, 0.1) is 17.7 Å². The van der Waals surface area contributed by atoms with E-state index >= 15 is 0 Å². The average molecular weight is 268 g/mol. The number of aromatic nitrogens is 2. The lowest BCUT2D eigenvalue weighted by atomic mass is 10.2. The quantitative estimate of drug-likeness (QED) is 0.667. The average Bonchev–Trinajstić information content (AvgIpc) is 2.88. The van der Waals surface area contributed by atoms with Crippen LogP contribution in [-0.2, 0) is 0 Å². The number of nitrogens with zero attached hydrogens (tertiary/aromatic N) is 2. The Morgan fingerprint density at radius 1 is 0.800 bits per heavy atom. The fourth-order valence-electron chi connectivity index (χ4n) is 1.97. The summed E-state index contributed by atoms with van der Waals surface area (Å²) >= 11 is 0. The van der Waals surface area contributed by atoms with Crippen molar-refractivity contribution in [2.45, 2.75) is 0 Å². The second-order valence-corrected chi connectivity index (χ2v) is 4.42. The Morgan fingerprint density at radius 3 is 2.10 bits per heavy atom. The lowest BCUT2D eigenvalue weighted by molar-refractivity contribution is 0.450. The SMILES string of the molecule is Oc1ccc(-c2cn(-c3cc(O)cc(O)c3)cn2)cc1. The summed E-state index contributed by atoms with van der Waals surface area (Å²) < 4.78 is 1.70. The van der Waals surface area contributed by atoms with Crippen LogP contribution in [0, 0.1) is 0 Å². The van der Waals surface area contributed by atoms with Crippen LogP contribution in [0.2, 0.25) is 0 Å². The summed E-state index contributed by atoms with van der Waals surface area (Å²) in [7, 11) is 0. The second-order valence-electron chi connectivity index (χ2n) is 4.42. The van der Waals surface area contributed by atoms with Gasteiger partial charge in [0.25, 0.3) is 0 Å². The van der Waals surface area contributed by atoms with Gasteiger partial charge >= 0.3 is 0 Å². The van der Waals surface area contributed by atoms with Crippen LogP contribution in [0.15, 0.2) is 55.0 Å². The van der Waals surface area contributed by atoms with Gasteiger partial charge in [-0.3, -0.25) is 0 Å². The molecule has 3 aromatic rings. The lowest BCUT2D eigenvalue weighted by Crippen LogP contribution is -1.89. The number of rotatable bonds is 2. The van der Waals surface area contributed by atoms with Crippen LogP contribution in [0.5, 0.6) is 17.2 Å². The van der Waals surface area contributed by atoms with Crippen LogP contribution in [0.1, 0.15) is 0 Å². The molecule has 5 heteroatoms. The van der Waals surface area contributed by atoms with Crippen molar-refractivity contribution in [1.82, 2.24) is 9.55 Å².